The zero-order valence-corrected chi connectivity index (χ0v) is 10.7. The Hall–Kier alpha value is 0.766. The summed E-state index contributed by atoms with van der Waals surface area (Å²) in [7, 11) is -3.88. The second-order valence-electron chi connectivity index (χ2n) is 2.21. The molecule has 0 heterocycles. The molecule has 1 rings (SSSR count). The maximum absolute atomic E-state index is 10.4. The molecule has 0 aliphatic heterocycles. The largest absolute Gasteiger partial charge is 1.00 e. The SMILES string of the molecule is O=S(=O)(O)Cc1ccccc1.[H-].[K+]. The van der Waals surface area contributed by atoms with E-state index in [0.29, 0.717) is 5.56 Å². The van der Waals surface area contributed by atoms with Gasteiger partial charge in [0.1, 0.15) is 5.75 Å². The van der Waals surface area contributed by atoms with E-state index in [2.05, 4.69) is 0 Å². The van der Waals surface area contributed by atoms with Crippen molar-refractivity contribution in [1.82, 2.24) is 0 Å². The molecule has 0 spiro atoms. The molecule has 0 amide bonds. The topological polar surface area (TPSA) is 54.4 Å². The summed E-state index contributed by atoms with van der Waals surface area (Å²) in [6.07, 6.45) is 0. The third kappa shape index (κ3) is 5.42. The van der Waals surface area contributed by atoms with Gasteiger partial charge in [-0.25, -0.2) is 0 Å². The van der Waals surface area contributed by atoms with Crippen LogP contribution in [0.4, 0.5) is 0 Å². The van der Waals surface area contributed by atoms with E-state index in [-0.39, 0.29) is 58.6 Å². The minimum absolute atomic E-state index is 0. The van der Waals surface area contributed by atoms with Crippen molar-refractivity contribution in [2.24, 2.45) is 0 Å². The van der Waals surface area contributed by atoms with Crippen molar-refractivity contribution in [1.29, 1.82) is 0 Å². The summed E-state index contributed by atoms with van der Waals surface area (Å²) < 4.78 is 29.2. The molecular weight excluding hydrogens is 203 g/mol. The predicted octanol–water partition coefficient (Wildman–Crippen LogP) is -1.81. The molecule has 0 unspecified atom stereocenters. The summed E-state index contributed by atoms with van der Waals surface area (Å²) in [5.41, 5.74) is 0.593. The number of hydrogen-bond acceptors (Lipinski definition) is 2. The number of benzene rings is 1. The molecule has 0 aromatic heterocycles. The zero-order valence-electron chi connectivity index (χ0n) is 7.77. The Morgan fingerprint density at radius 3 is 2.17 bits per heavy atom. The molecule has 3 nitrogen and oxygen atoms in total. The summed E-state index contributed by atoms with van der Waals surface area (Å²) in [6.45, 7) is 0. The molecule has 1 aromatic carbocycles. The van der Waals surface area contributed by atoms with E-state index < -0.39 is 10.1 Å². The third-order valence-electron chi connectivity index (χ3n) is 1.19. The van der Waals surface area contributed by atoms with Gasteiger partial charge in [0.2, 0.25) is 0 Å². The van der Waals surface area contributed by atoms with Crippen molar-refractivity contribution in [3.63, 3.8) is 0 Å². The fraction of sp³-hybridized carbons (Fsp3) is 0.143. The van der Waals surface area contributed by atoms with Crippen molar-refractivity contribution in [2.75, 3.05) is 0 Å². The van der Waals surface area contributed by atoms with Crippen LogP contribution in [0.1, 0.15) is 6.99 Å². The molecule has 0 atom stereocenters. The van der Waals surface area contributed by atoms with E-state index >= 15 is 0 Å². The third-order valence-corrected chi connectivity index (χ3v) is 1.89. The summed E-state index contributed by atoms with van der Waals surface area (Å²) in [5, 5.41) is 0. The van der Waals surface area contributed by atoms with Crippen LogP contribution < -0.4 is 51.4 Å². The van der Waals surface area contributed by atoms with Gasteiger partial charge in [0.15, 0.2) is 0 Å². The molecule has 0 bridgehead atoms. The smallest absolute Gasteiger partial charge is 1.00 e. The molecule has 0 aliphatic rings. The first-order valence-corrected chi connectivity index (χ1v) is 4.68. The molecule has 0 saturated carbocycles. The summed E-state index contributed by atoms with van der Waals surface area (Å²) in [5.74, 6) is -0.312. The molecular formula is C7H9KO3S. The molecule has 0 fully saturated rings. The molecule has 12 heavy (non-hydrogen) atoms. The van der Waals surface area contributed by atoms with E-state index in [1.54, 1.807) is 30.3 Å². The van der Waals surface area contributed by atoms with Crippen LogP contribution in [0.2, 0.25) is 0 Å². The molecule has 62 valence electrons. The van der Waals surface area contributed by atoms with E-state index in [0.717, 1.165) is 0 Å². The summed E-state index contributed by atoms with van der Waals surface area (Å²) >= 11 is 0. The van der Waals surface area contributed by atoms with Gasteiger partial charge in [-0.1, -0.05) is 30.3 Å². The van der Waals surface area contributed by atoms with Crippen molar-refractivity contribution < 1.29 is 65.8 Å². The van der Waals surface area contributed by atoms with Crippen LogP contribution in [0, 0.1) is 0 Å². The number of rotatable bonds is 2. The molecule has 1 N–H and O–H groups in total. The van der Waals surface area contributed by atoms with Gasteiger partial charge in [-0.2, -0.15) is 8.42 Å². The van der Waals surface area contributed by atoms with Gasteiger partial charge in [-0.05, 0) is 5.56 Å². The molecule has 0 aliphatic carbocycles. The van der Waals surface area contributed by atoms with Gasteiger partial charge in [0.25, 0.3) is 10.1 Å². The van der Waals surface area contributed by atoms with E-state index in [1.165, 1.54) is 0 Å². The molecule has 0 radical (unpaired) electrons. The van der Waals surface area contributed by atoms with Crippen LogP contribution in [-0.2, 0) is 15.9 Å². The molecule has 0 saturated heterocycles. The van der Waals surface area contributed by atoms with Crippen molar-refractivity contribution in [2.45, 2.75) is 5.75 Å². The van der Waals surface area contributed by atoms with Gasteiger partial charge in [-0.15, -0.1) is 0 Å². The average molecular weight is 212 g/mol. The van der Waals surface area contributed by atoms with Gasteiger partial charge in [0, 0.05) is 0 Å². The summed E-state index contributed by atoms with van der Waals surface area (Å²) in [4.78, 5) is 0. The van der Waals surface area contributed by atoms with Crippen LogP contribution in [0.5, 0.6) is 0 Å². The van der Waals surface area contributed by atoms with Gasteiger partial charge in [-0.3, -0.25) is 4.55 Å². The fourth-order valence-corrected chi connectivity index (χ4v) is 1.40. The Bertz CT molecular complexity index is 325. The van der Waals surface area contributed by atoms with Crippen LogP contribution in [-0.4, -0.2) is 13.0 Å². The zero-order chi connectivity index (χ0) is 8.32. The Morgan fingerprint density at radius 2 is 1.75 bits per heavy atom. The van der Waals surface area contributed by atoms with Gasteiger partial charge >= 0.3 is 51.4 Å². The van der Waals surface area contributed by atoms with Crippen LogP contribution in [0.3, 0.4) is 0 Å². The van der Waals surface area contributed by atoms with E-state index in [4.69, 9.17) is 4.55 Å². The van der Waals surface area contributed by atoms with Crippen molar-refractivity contribution in [3.8, 4) is 0 Å². The predicted molar refractivity (Wildman–Crippen MR) is 42.8 cm³/mol. The van der Waals surface area contributed by atoms with E-state index in [1.807, 2.05) is 0 Å². The Kier molecular flexibility index (Phi) is 5.84. The maximum atomic E-state index is 10.4. The minimum Gasteiger partial charge on any atom is -1.00 e. The Labute approximate surface area is 116 Å². The minimum atomic E-state index is -3.88. The van der Waals surface area contributed by atoms with E-state index in [9.17, 15) is 8.42 Å². The first-order valence-electron chi connectivity index (χ1n) is 3.07. The van der Waals surface area contributed by atoms with Crippen molar-refractivity contribution in [3.05, 3.63) is 35.9 Å². The van der Waals surface area contributed by atoms with Gasteiger partial charge < -0.3 is 1.43 Å². The van der Waals surface area contributed by atoms with Gasteiger partial charge in [0.05, 0.1) is 0 Å². The van der Waals surface area contributed by atoms with Crippen LogP contribution >= 0.6 is 0 Å². The second kappa shape index (κ2) is 5.49. The van der Waals surface area contributed by atoms with Crippen LogP contribution in [0.25, 0.3) is 0 Å². The first-order chi connectivity index (χ1) is 5.08. The standard InChI is InChI=1S/C7H8O3S.K.H/c8-11(9,10)6-7-4-2-1-3-5-7;;/h1-5H,6H2,(H,8,9,10);;/q;+1;-1. The van der Waals surface area contributed by atoms with Crippen LogP contribution in [0.15, 0.2) is 30.3 Å². The fourth-order valence-electron chi connectivity index (χ4n) is 0.785. The Morgan fingerprint density at radius 1 is 1.25 bits per heavy atom. The second-order valence-corrected chi connectivity index (χ2v) is 3.66. The number of hydrogen-bond donors (Lipinski definition) is 1. The molecule has 5 heteroatoms. The quantitative estimate of drug-likeness (QED) is 0.464. The normalized spacial score (nSPS) is 10.4. The monoisotopic (exact) mass is 212 g/mol. The Balaban J connectivity index is 0. The molecule has 1 aromatic rings. The van der Waals surface area contributed by atoms with Crippen molar-refractivity contribution >= 4 is 10.1 Å². The first kappa shape index (κ1) is 12.8. The maximum Gasteiger partial charge on any atom is 1.00 e. The average Bonchev–Trinajstić information content (AvgIpc) is 1.85. The summed E-state index contributed by atoms with van der Waals surface area (Å²) in [6, 6.07) is 8.52.